The van der Waals surface area contributed by atoms with Crippen LogP contribution in [0.1, 0.15) is 24.5 Å². The van der Waals surface area contributed by atoms with Crippen molar-refractivity contribution in [3.8, 4) is 0 Å². The molecule has 0 bridgehead atoms. The zero-order valence-corrected chi connectivity index (χ0v) is 12.7. The molecule has 1 atom stereocenters. The molecule has 1 unspecified atom stereocenters. The van der Waals surface area contributed by atoms with Gasteiger partial charge in [-0.2, -0.15) is 0 Å². The van der Waals surface area contributed by atoms with E-state index >= 15 is 0 Å². The summed E-state index contributed by atoms with van der Waals surface area (Å²) in [5.74, 6) is 0. The molecule has 0 saturated heterocycles. The average molecular weight is 283 g/mol. The van der Waals surface area contributed by atoms with Crippen molar-refractivity contribution in [1.29, 1.82) is 0 Å². The lowest BCUT2D eigenvalue weighted by molar-refractivity contribution is 0.262. The molecule has 0 aliphatic carbocycles. The number of hydrogen-bond donors (Lipinski definition) is 2. The molecule has 0 heterocycles. The Balaban J connectivity index is 2.02. The molecule has 2 rings (SSSR count). The van der Waals surface area contributed by atoms with Crippen LogP contribution in [0.4, 0.5) is 0 Å². The highest BCUT2D eigenvalue weighted by atomic mass is 16.3. The molecule has 2 aromatic carbocycles. The number of rotatable bonds is 8. The summed E-state index contributed by atoms with van der Waals surface area (Å²) in [6.07, 6.45) is 2.80. The molecule has 0 spiro atoms. The molecule has 2 N–H and O–H groups in total. The molecule has 2 heteroatoms. The van der Waals surface area contributed by atoms with Crippen LogP contribution in [0.5, 0.6) is 0 Å². The molecular weight excluding hydrogens is 258 g/mol. The molecule has 0 radical (unpaired) electrons. The summed E-state index contributed by atoms with van der Waals surface area (Å²) in [4.78, 5) is 0. The number of aliphatic hydroxyl groups is 1. The predicted octanol–water partition coefficient (Wildman–Crippen LogP) is 3.20. The highest BCUT2D eigenvalue weighted by Crippen LogP contribution is 2.10. The molecular formula is C19H25NO. The Morgan fingerprint density at radius 1 is 0.857 bits per heavy atom. The quantitative estimate of drug-likeness (QED) is 0.780. The third kappa shape index (κ3) is 5.70. The molecule has 0 aliphatic rings. The number of hydrogen-bond acceptors (Lipinski definition) is 2. The summed E-state index contributed by atoms with van der Waals surface area (Å²) in [7, 11) is 0. The largest absolute Gasteiger partial charge is 0.396 e. The van der Waals surface area contributed by atoms with Crippen LogP contribution in [-0.2, 0) is 12.8 Å². The second-order valence-electron chi connectivity index (χ2n) is 5.66. The topological polar surface area (TPSA) is 32.3 Å². The Morgan fingerprint density at radius 2 is 1.33 bits per heavy atom. The van der Waals surface area contributed by atoms with Gasteiger partial charge in [0.05, 0.1) is 0 Å². The van der Waals surface area contributed by atoms with Gasteiger partial charge in [-0.25, -0.2) is 0 Å². The first-order chi connectivity index (χ1) is 10.3. The minimum atomic E-state index is 0.234. The van der Waals surface area contributed by atoms with Crippen molar-refractivity contribution >= 4 is 0 Å². The maximum Gasteiger partial charge on any atom is 0.0445 e. The second-order valence-corrected chi connectivity index (χ2v) is 5.66. The van der Waals surface area contributed by atoms with Gasteiger partial charge in [0.25, 0.3) is 0 Å². The lowest BCUT2D eigenvalue weighted by Crippen LogP contribution is -2.40. The first-order valence-corrected chi connectivity index (χ1v) is 7.72. The van der Waals surface area contributed by atoms with E-state index in [4.69, 9.17) is 5.11 Å². The number of benzene rings is 2. The molecule has 2 nitrogen and oxygen atoms in total. The first-order valence-electron chi connectivity index (χ1n) is 7.72. The fourth-order valence-electron chi connectivity index (χ4n) is 2.67. The van der Waals surface area contributed by atoms with E-state index in [0.717, 1.165) is 19.3 Å². The van der Waals surface area contributed by atoms with Gasteiger partial charge in [0.2, 0.25) is 0 Å². The van der Waals surface area contributed by atoms with Crippen molar-refractivity contribution in [3.05, 3.63) is 71.8 Å². The maximum absolute atomic E-state index is 9.09. The van der Waals surface area contributed by atoms with Gasteiger partial charge in [0.15, 0.2) is 0 Å². The van der Waals surface area contributed by atoms with E-state index in [1.54, 1.807) is 0 Å². The summed E-state index contributed by atoms with van der Waals surface area (Å²) in [5, 5.41) is 12.7. The van der Waals surface area contributed by atoms with Crippen molar-refractivity contribution in [2.45, 2.75) is 38.3 Å². The first kappa shape index (κ1) is 15.7. The van der Waals surface area contributed by atoms with Gasteiger partial charge in [-0.05, 0) is 37.3 Å². The predicted molar refractivity (Wildman–Crippen MR) is 88.4 cm³/mol. The number of aliphatic hydroxyl groups excluding tert-OH is 1. The molecule has 21 heavy (non-hydrogen) atoms. The van der Waals surface area contributed by atoms with E-state index < -0.39 is 0 Å². The second kappa shape index (κ2) is 8.60. The Morgan fingerprint density at radius 3 is 1.76 bits per heavy atom. The summed E-state index contributed by atoms with van der Waals surface area (Å²) in [5.41, 5.74) is 2.70. The van der Waals surface area contributed by atoms with E-state index in [-0.39, 0.29) is 6.61 Å². The monoisotopic (exact) mass is 283 g/mol. The third-order valence-electron chi connectivity index (χ3n) is 3.73. The Kier molecular flexibility index (Phi) is 6.45. The minimum absolute atomic E-state index is 0.234. The molecule has 0 aromatic heterocycles. The van der Waals surface area contributed by atoms with Gasteiger partial charge in [0.1, 0.15) is 0 Å². The third-order valence-corrected chi connectivity index (χ3v) is 3.73. The lowest BCUT2D eigenvalue weighted by Gasteiger charge is -2.23. The standard InChI is InChI=1S/C19H25NO/c1-16(12-13-21)20-19(14-17-8-4-2-5-9-17)15-18-10-6-3-7-11-18/h2-11,16,19-21H,12-15H2,1H3. The molecule has 0 aliphatic heterocycles. The highest BCUT2D eigenvalue weighted by molar-refractivity contribution is 5.19. The summed E-state index contributed by atoms with van der Waals surface area (Å²) in [6, 6.07) is 21.9. The maximum atomic E-state index is 9.09. The van der Waals surface area contributed by atoms with Gasteiger partial charge < -0.3 is 10.4 Å². The SMILES string of the molecule is CC(CCO)NC(Cc1ccccc1)Cc1ccccc1. The van der Waals surface area contributed by atoms with Gasteiger partial charge in [-0.15, -0.1) is 0 Å². The fraction of sp³-hybridized carbons (Fsp3) is 0.368. The van der Waals surface area contributed by atoms with E-state index in [9.17, 15) is 0 Å². The summed E-state index contributed by atoms with van der Waals surface area (Å²) >= 11 is 0. The van der Waals surface area contributed by atoms with Crippen LogP contribution in [0.15, 0.2) is 60.7 Å². The normalized spacial score (nSPS) is 12.5. The molecule has 0 amide bonds. The van der Waals surface area contributed by atoms with Crippen molar-refractivity contribution in [3.63, 3.8) is 0 Å². The molecule has 112 valence electrons. The fourth-order valence-corrected chi connectivity index (χ4v) is 2.67. The Labute approximate surface area is 127 Å². The molecule has 0 fully saturated rings. The van der Waals surface area contributed by atoms with Crippen LogP contribution in [0.2, 0.25) is 0 Å². The number of nitrogens with one attached hydrogen (secondary N) is 1. The van der Waals surface area contributed by atoms with Crippen LogP contribution < -0.4 is 5.32 Å². The van der Waals surface area contributed by atoms with Gasteiger partial charge in [-0.1, -0.05) is 60.7 Å². The van der Waals surface area contributed by atoms with Crippen LogP contribution in [0.25, 0.3) is 0 Å². The van der Waals surface area contributed by atoms with Gasteiger partial charge >= 0.3 is 0 Å². The van der Waals surface area contributed by atoms with Crippen molar-refractivity contribution < 1.29 is 5.11 Å². The van der Waals surface area contributed by atoms with Crippen LogP contribution in [-0.4, -0.2) is 23.8 Å². The van der Waals surface area contributed by atoms with Crippen molar-refractivity contribution in [1.82, 2.24) is 5.32 Å². The van der Waals surface area contributed by atoms with Crippen LogP contribution in [0.3, 0.4) is 0 Å². The lowest BCUT2D eigenvalue weighted by atomic mass is 9.98. The zero-order valence-electron chi connectivity index (χ0n) is 12.7. The van der Waals surface area contributed by atoms with E-state index in [2.05, 4.69) is 72.9 Å². The van der Waals surface area contributed by atoms with Crippen LogP contribution in [0, 0.1) is 0 Å². The zero-order chi connectivity index (χ0) is 14.9. The van der Waals surface area contributed by atoms with Crippen molar-refractivity contribution in [2.75, 3.05) is 6.61 Å². The summed E-state index contributed by atoms with van der Waals surface area (Å²) in [6.45, 7) is 2.37. The Bertz CT molecular complexity index is 456. The van der Waals surface area contributed by atoms with E-state index in [1.165, 1.54) is 11.1 Å². The smallest absolute Gasteiger partial charge is 0.0445 e. The summed E-state index contributed by atoms with van der Waals surface area (Å²) < 4.78 is 0. The van der Waals surface area contributed by atoms with E-state index in [1.807, 2.05) is 0 Å². The molecule has 2 aromatic rings. The average Bonchev–Trinajstić information content (AvgIpc) is 2.49. The van der Waals surface area contributed by atoms with Gasteiger partial charge in [-0.3, -0.25) is 0 Å². The van der Waals surface area contributed by atoms with E-state index in [0.29, 0.717) is 12.1 Å². The highest BCUT2D eigenvalue weighted by Gasteiger charge is 2.13. The Hall–Kier alpha value is -1.64. The van der Waals surface area contributed by atoms with Crippen LogP contribution >= 0.6 is 0 Å². The van der Waals surface area contributed by atoms with Gasteiger partial charge in [0, 0.05) is 18.7 Å². The minimum Gasteiger partial charge on any atom is -0.396 e. The molecule has 0 saturated carbocycles. The van der Waals surface area contributed by atoms with Crippen molar-refractivity contribution in [2.24, 2.45) is 0 Å².